The average molecular weight is 337 g/mol. The molecular weight excluding hydrogens is 316 g/mol. The van der Waals surface area contributed by atoms with E-state index in [1.807, 2.05) is 18.8 Å². The van der Waals surface area contributed by atoms with E-state index in [1.54, 1.807) is 23.1 Å². The van der Waals surface area contributed by atoms with Crippen molar-refractivity contribution in [2.24, 2.45) is 5.14 Å². The normalized spacial score (nSPS) is 11.8. The fraction of sp³-hybridized carbons (Fsp3) is 0.545. The highest BCUT2D eigenvalue weighted by atomic mass is 32.2. The Morgan fingerprint density at radius 1 is 1.55 bits per heavy atom. The summed E-state index contributed by atoms with van der Waals surface area (Å²) in [5, 5.41) is 14.3. The predicted octanol–water partition coefficient (Wildman–Crippen LogP) is 1.20. The Balaban J connectivity index is 2.24. The van der Waals surface area contributed by atoms with Gasteiger partial charge in [-0.1, -0.05) is 0 Å². The molecule has 0 amide bonds. The second-order valence-electron chi connectivity index (χ2n) is 4.59. The van der Waals surface area contributed by atoms with Gasteiger partial charge in [0.2, 0.25) is 0 Å². The standard InChI is InChI=1S/C11H20N4O2S3/c1-15(2)6-10-5-9(8-19-10)7-18-4-3-11(12)14-20(13,16)17/h5,8H,3-4,6-7H2,1-2H3,(H2,12,14)(H2,13,16,17). The van der Waals surface area contributed by atoms with E-state index in [2.05, 4.69) is 16.3 Å². The second kappa shape index (κ2) is 7.99. The summed E-state index contributed by atoms with van der Waals surface area (Å²) in [6.45, 7) is 0.943. The van der Waals surface area contributed by atoms with Crippen LogP contribution in [0, 0.1) is 5.41 Å². The van der Waals surface area contributed by atoms with Crippen LogP contribution in [0.1, 0.15) is 16.9 Å². The first-order valence-corrected chi connectivity index (χ1v) is 9.51. The third-order valence-corrected chi connectivity index (χ3v) is 4.74. The van der Waals surface area contributed by atoms with Crippen molar-refractivity contribution in [2.75, 3.05) is 19.8 Å². The summed E-state index contributed by atoms with van der Waals surface area (Å²) in [6.07, 6.45) is 0.357. The number of nitrogens with two attached hydrogens (primary N) is 1. The SMILES string of the molecule is CN(C)Cc1cc(CSCCC(=N)NS(N)(=O)=O)cs1. The van der Waals surface area contributed by atoms with Crippen LogP contribution in [0.4, 0.5) is 0 Å². The zero-order valence-electron chi connectivity index (χ0n) is 11.5. The van der Waals surface area contributed by atoms with Crippen molar-refractivity contribution in [3.63, 3.8) is 0 Å². The second-order valence-corrected chi connectivity index (χ2v) is 7.98. The average Bonchev–Trinajstić information content (AvgIpc) is 2.68. The van der Waals surface area contributed by atoms with Crippen LogP contribution >= 0.6 is 23.1 Å². The van der Waals surface area contributed by atoms with Crippen LogP contribution in [-0.4, -0.2) is 39.0 Å². The van der Waals surface area contributed by atoms with E-state index in [-0.39, 0.29) is 5.84 Å². The lowest BCUT2D eigenvalue weighted by Crippen LogP contribution is -2.35. The number of thiophene rings is 1. The van der Waals surface area contributed by atoms with Gasteiger partial charge in [0.15, 0.2) is 0 Å². The first kappa shape index (κ1) is 17.4. The fourth-order valence-electron chi connectivity index (χ4n) is 1.48. The number of rotatable bonds is 8. The van der Waals surface area contributed by atoms with Gasteiger partial charge >= 0.3 is 0 Å². The van der Waals surface area contributed by atoms with Gasteiger partial charge in [0.25, 0.3) is 10.2 Å². The summed E-state index contributed by atoms with van der Waals surface area (Å²) in [5.41, 5.74) is 1.27. The van der Waals surface area contributed by atoms with E-state index in [0.29, 0.717) is 12.2 Å². The number of nitrogens with one attached hydrogen (secondary N) is 2. The van der Waals surface area contributed by atoms with Gasteiger partial charge in [0.05, 0.1) is 0 Å². The first-order valence-electron chi connectivity index (χ1n) is 5.93. The van der Waals surface area contributed by atoms with Crippen LogP contribution in [0.5, 0.6) is 0 Å². The molecule has 0 unspecified atom stereocenters. The molecule has 0 aliphatic heterocycles. The molecule has 20 heavy (non-hydrogen) atoms. The molecule has 0 atom stereocenters. The van der Waals surface area contributed by atoms with E-state index in [1.165, 1.54) is 10.4 Å². The highest BCUT2D eigenvalue weighted by molar-refractivity contribution is 7.98. The van der Waals surface area contributed by atoms with Crippen LogP contribution in [0.3, 0.4) is 0 Å². The minimum Gasteiger partial charge on any atom is -0.304 e. The monoisotopic (exact) mass is 336 g/mol. The maximum atomic E-state index is 10.7. The minimum absolute atomic E-state index is 0.0707. The van der Waals surface area contributed by atoms with E-state index >= 15 is 0 Å². The Hall–Kier alpha value is -0.610. The lowest BCUT2D eigenvalue weighted by atomic mass is 10.3. The van der Waals surface area contributed by atoms with E-state index in [0.717, 1.165) is 12.3 Å². The quantitative estimate of drug-likeness (QED) is 0.377. The number of nitrogens with zero attached hydrogens (tertiary/aromatic N) is 1. The van der Waals surface area contributed by atoms with Crippen molar-refractivity contribution in [2.45, 2.75) is 18.7 Å². The highest BCUT2D eigenvalue weighted by Gasteiger charge is 2.05. The predicted molar refractivity (Wildman–Crippen MR) is 86.5 cm³/mol. The van der Waals surface area contributed by atoms with Crippen LogP contribution in [0.2, 0.25) is 0 Å². The number of hydrogen-bond donors (Lipinski definition) is 3. The molecule has 0 bridgehead atoms. The van der Waals surface area contributed by atoms with E-state index < -0.39 is 10.2 Å². The first-order chi connectivity index (χ1) is 9.26. The molecule has 0 spiro atoms. The highest BCUT2D eigenvalue weighted by Crippen LogP contribution is 2.20. The lowest BCUT2D eigenvalue weighted by Gasteiger charge is -2.06. The van der Waals surface area contributed by atoms with Gasteiger partial charge in [-0.2, -0.15) is 20.2 Å². The molecule has 0 saturated carbocycles. The van der Waals surface area contributed by atoms with Crippen molar-refractivity contribution in [1.29, 1.82) is 5.41 Å². The molecule has 0 radical (unpaired) electrons. The van der Waals surface area contributed by atoms with Crippen LogP contribution in [0.15, 0.2) is 11.4 Å². The van der Waals surface area contributed by atoms with Crippen molar-refractivity contribution in [3.8, 4) is 0 Å². The molecule has 0 fully saturated rings. The summed E-state index contributed by atoms with van der Waals surface area (Å²) in [6, 6.07) is 2.19. The summed E-state index contributed by atoms with van der Waals surface area (Å²) in [7, 11) is 0.272. The van der Waals surface area contributed by atoms with Crippen molar-refractivity contribution in [3.05, 3.63) is 21.9 Å². The van der Waals surface area contributed by atoms with Crippen molar-refractivity contribution >= 4 is 39.1 Å². The molecule has 0 aliphatic rings. The molecule has 1 rings (SSSR count). The fourth-order valence-corrected chi connectivity index (χ4v) is 3.94. The Bertz CT molecular complexity index is 540. The Labute approximate surface area is 128 Å². The Kier molecular flexibility index (Phi) is 6.96. The Morgan fingerprint density at radius 2 is 2.25 bits per heavy atom. The molecule has 6 nitrogen and oxygen atoms in total. The molecule has 9 heteroatoms. The summed E-state index contributed by atoms with van der Waals surface area (Å²) in [4.78, 5) is 3.46. The zero-order valence-corrected chi connectivity index (χ0v) is 14.0. The molecule has 4 N–H and O–H groups in total. The van der Waals surface area contributed by atoms with Gasteiger partial charge in [0, 0.05) is 29.3 Å². The molecule has 0 saturated heterocycles. The number of hydrogen-bond acceptors (Lipinski definition) is 6. The van der Waals surface area contributed by atoms with Gasteiger partial charge in [-0.25, -0.2) is 5.14 Å². The summed E-state index contributed by atoms with van der Waals surface area (Å²) < 4.78 is 23.4. The van der Waals surface area contributed by atoms with Gasteiger partial charge in [-0.15, -0.1) is 11.3 Å². The van der Waals surface area contributed by atoms with E-state index in [4.69, 9.17) is 10.5 Å². The molecule has 114 valence electrons. The summed E-state index contributed by atoms with van der Waals surface area (Å²) in [5.74, 6) is 1.48. The van der Waals surface area contributed by atoms with Crippen LogP contribution in [-0.2, 0) is 22.5 Å². The molecule has 1 aromatic heterocycles. The Morgan fingerprint density at radius 3 is 2.85 bits per heavy atom. The molecule has 0 aliphatic carbocycles. The third-order valence-electron chi connectivity index (χ3n) is 2.21. The van der Waals surface area contributed by atoms with Crippen LogP contribution < -0.4 is 9.86 Å². The zero-order chi connectivity index (χ0) is 15.2. The largest absolute Gasteiger partial charge is 0.304 e. The maximum absolute atomic E-state index is 10.7. The van der Waals surface area contributed by atoms with Gasteiger partial charge in [0.1, 0.15) is 5.84 Å². The topological polar surface area (TPSA) is 99.3 Å². The molecule has 1 aromatic rings. The molecule has 1 heterocycles. The van der Waals surface area contributed by atoms with E-state index in [9.17, 15) is 8.42 Å². The van der Waals surface area contributed by atoms with Crippen molar-refractivity contribution < 1.29 is 8.42 Å². The maximum Gasteiger partial charge on any atom is 0.297 e. The number of amidine groups is 1. The number of thioether (sulfide) groups is 1. The van der Waals surface area contributed by atoms with Gasteiger partial charge in [-0.05, 0) is 31.1 Å². The van der Waals surface area contributed by atoms with Gasteiger partial charge < -0.3 is 4.90 Å². The summed E-state index contributed by atoms with van der Waals surface area (Å²) >= 11 is 3.41. The third kappa shape index (κ3) is 7.85. The molecular formula is C11H20N4O2S3. The smallest absolute Gasteiger partial charge is 0.297 e. The van der Waals surface area contributed by atoms with Crippen LogP contribution in [0.25, 0.3) is 0 Å². The minimum atomic E-state index is -3.81. The lowest BCUT2D eigenvalue weighted by molar-refractivity contribution is 0.406. The van der Waals surface area contributed by atoms with Crippen molar-refractivity contribution in [1.82, 2.24) is 9.62 Å². The van der Waals surface area contributed by atoms with Gasteiger partial charge in [-0.3, -0.25) is 10.1 Å². The molecule has 0 aromatic carbocycles.